The van der Waals surface area contributed by atoms with Crippen molar-refractivity contribution in [3.63, 3.8) is 0 Å². The highest BCUT2D eigenvalue weighted by atomic mass is 16.1. The minimum absolute atomic E-state index is 0.129. The Labute approximate surface area is 167 Å². The van der Waals surface area contributed by atoms with Gasteiger partial charge in [0.05, 0.1) is 19.3 Å². The van der Waals surface area contributed by atoms with E-state index >= 15 is 0 Å². The number of nitrogens with one attached hydrogen (secondary N) is 1. The molecule has 0 radical (unpaired) electrons. The second kappa shape index (κ2) is 8.10. The zero-order valence-electron chi connectivity index (χ0n) is 16.1. The number of aromatic nitrogens is 4. The quantitative estimate of drug-likeness (QED) is 0.551. The zero-order valence-corrected chi connectivity index (χ0v) is 16.1. The first kappa shape index (κ1) is 18.6. The van der Waals surface area contributed by atoms with Gasteiger partial charge in [0.15, 0.2) is 5.65 Å². The second-order valence-corrected chi connectivity index (χ2v) is 6.89. The van der Waals surface area contributed by atoms with E-state index in [1.54, 1.807) is 27.7 Å². The smallest absolute Gasteiger partial charge is 0.264 e. The van der Waals surface area contributed by atoms with Crippen LogP contribution in [0.4, 0.5) is 0 Å². The molecule has 0 bridgehead atoms. The highest BCUT2D eigenvalue weighted by Crippen LogP contribution is 2.08. The van der Waals surface area contributed by atoms with Gasteiger partial charge in [-0.25, -0.2) is 9.67 Å². The molecular formula is C22H21N5O2. The molecule has 0 saturated carbocycles. The van der Waals surface area contributed by atoms with Crippen LogP contribution in [-0.2, 0) is 13.1 Å². The van der Waals surface area contributed by atoms with Crippen molar-refractivity contribution in [1.29, 1.82) is 0 Å². The van der Waals surface area contributed by atoms with Crippen LogP contribution in [0.15, 0.2) is 71.9 Å². The van der Waals surface area contributed by atoms with Crippen molar-refractivity contribution >= 4 is 16.9 Å². The molecule has 4 aromatic rings. The molecule has 0 aliphatic heterocycles. The van der Waals surface area contributed by atoms with E-state index in [2.05, 4.69) is 21.5 Å². The van der Waals surface area contributed by atoms with E-state index in [0.717, 1.165) is 11.1 Å². The molecule has 0 saturated heterocycles. The van der Waals surface area contributed by atoms with Gasteiger partial charge in [-0.2, -0.15) is 5.10 Å². The number of amides is 1. The van der Waals surface area contributed by atoms with Crippen molar-refractivity contribution in [3.05, 3.63) is 94.2 Å². The number of rotatable bonds is 6. The van der Waals surface area contributed by atoms with Crippen LogP contribution in [0.2, 0.25) is 0 Å². The van der Waals surface area contributed by atoms with E-state index in [-0.39, 0.29) is 11.5 Å². The number of nitrogens with zero attached hydrogens (tertiary/aromatic N) is 4. The summed E-state index contributed by atoms with van der Waals surface area (Å²) in [5.41, 5.74) is 3.19. The first-order chi connectivity index (χ1) is 14.1. The van der Waals surface area contributed by atoms with Crippen LogP contribution in [0.3, 0.4) is 0 Å². The van der Waals surface area contributed by atoms with Crippen molar-refractivity contribution in [2.75, 3.05) is 6.54 Å². The van der Waals surface area contributed by atoms with Gasteiger partial charge >= 0.3 is 0 Å². The fraction of sp³-hybridized carbons (Fsp3) is 0.182. The standard InChI is InChI=1S/C22H21N5O2/c1-16-6-5-7-17(12-16)14-26-15-24-20-19(22(26)29)13-25-27(20)11-10-23-21(28)18-8-3-2-4-9-18/h2-9,12-13,15H,10-11,14H2,1H3,(H,23,28). The molecule has 0 aliphatic rings. The maximum Gasteiger partial charge on any atom is 0.264 e. The Morgan fingerprint density at radius 1 is 1.10 bits per heavy atom. The summed E-state index contributed by atoms with van der Waals surface area (Å²) in [4.78, 5) is 29.3. The summed E-state index contributed by atoms with van der Waals surface area (Å²) in [5, 5.41) is 7.60. The maximum absolute atomic E-state index is 12.8. The van der Waals surface area contributed by atoms with Gasteiger partial charge in [0.25, 0.3) is 11.5 Å². The third kappa shape index (κ3) is 4.08. The molecule has 1 amide bonds. The number of benzene rings is 2. The number of fused-ring (bicyclic) bond motifs is 1. The molecule has 7 nitrogen and oxygen atoms in total. The van der Waals surface area contributed by atoms with Crippen molar-refractivity contribution in [2.24, 2.45) is 0 Å². The van der Waals surface area contributed by atoms with Gasteiger partial charge in [-0.3, -0.25) is 14.2 Å². The van der Waals surface area contributed by atoms with E-state index in [1.807, 2.05) is 43.3 Å². The molecule has 0 atom stereocenters. The van der Waals surface area contributed by atoms with Crippen LogP contribution in [0.5, 0.6) is 0 Å². The minimum atomic E-state index is -0.143. The SMILES string of the molecule is Cc1cccc(Cn2cnc3c(cnn3CCNC(=O)c3ccccc3)c2=O)c1. The third-order valence-electron chi connectivity index (χ3n) is 4.70. The molecule has 29 heavy (non-hydrogen) atoms. The Morgan fingerprint density at radius 3 is 2.72 bits per heavy atom. The van der Waals surface area contributed by atoms with E-state index in [1.165, 1.54) is 6.20 Å². The lowest BCUT2D eigenvalue weighted by Gasteiger charge is -2.08. The Balaban J connectivity index is 1.47. The third-order valence-corrected chi connectivity index (χ3v) is 4.70. The summed E-state index contributed by atoms with van der Waals surface area (Å²) in [6.07, 6.45) is 3.09. The van der Waals surface area contributed by atoms with Gasteiger partial charge in [0, 0.05) is 12.1 Å². The Morgan fingerprint density at radius 2 is 1.93 bits per heavy atom. The molecule has 4 rings (SSSR count). The average Bonchev–Trinajstić information content (AvgIpc) is 3.14. The highest BCUT2D eigenvalue weighted by Gasteiger charge is 2.11. The fourth-order valence-electron chi connectivity index (χ4n) is 3.25. The lowest BCUT2D eigenvalue weighted by molar-refractivity contribution is 0.0952. The predicted molar refractivity (Wildman–Crippen MR) is 111 cm³/mol. The zero-order chi connectivity index (χ0) is 20.2. The summed E-state index contributed by atoms with van der Waals surface area (Å²) in [7, 11) is 0. The summed E-state index contributed by atoms with van der Waals surface area (Å²) in [5.74, 6) is -0.143. The van der Waals surface area contributed by atoms with Crippen LogP contribution in [0.25, 0.3) is 11.0 Å². The van der Waals surface area contributed by atoms with E-state index in [0.29, 0.717) is 36.2 Å². The molecule has 2 heterocycles. The lowest BCUT2D eigenvalue weighted by Crippen LogP contribution is -2.27. The maximum atomic E-state index is 12.8. The van der Waals surface area contributed by atoms with Gasteiger partial charge < -0.3 is 5.32 Å². The average molecular weight is 387 g/mol. The Bertz CT molecular complexity index is 1210. The summed E-state index contributed by atoms with van der Waals surface area (Å²) in [6, 6.07) is 17.1. The lowest BCUT2D eigenvalue weighted by atomic mass is 10.1. The number of hydrogen-bond donors (Lipinski definition) is 1. The number of carbonyl (C=O) groups excluding carboxylic acids is 1. The van der Waals surface area contributed by atoms with Crippen molar-refractivity contribution < 1.29 is 4.79 Å². The predicted octanol–water partition coefficient (Wildman–Crippen LogP) is 2.38. The summed E-state index contributed by atoms with van der Waals surface area (Å²) < 4.78 is 3.22. The number of carbonyl (C=O) groups is 1. The fourth-order valence-corrected chi connectivity index (χ4v) is 3.25. The molecule has 0 aliphatic carbocycles. The summed E-state index contributed by atoms with van der Waals surface area (Å²) >= 11 is 0. The van der Waals surface area contributed by atoms with Gasteiger partial charge in [0.2, 0.25) is 0 Å². The molecule has 1 N–H and O–H groups in total. The Kier molecular flexibility index (Phi) is 5.20. The van der Waals surface area contributed by atoms with Crippen LogP contribution in [0, 0.1) is 6.92 Å². The largest absolute Gasteiger partial charge is 0.350 e. The van der Waals surface area contributed by atoms with Crippen LogP contribution < -0.4 is 10.9 Å². The molecule has 2 aromatic carbocycles. The molecule has 0 unspecified atom stereocenters. The van der Waals surface area contributed by atoms with Crippen LogP contribution in [0.1, 0.15) is 21.5 Å². The number of hydrogen-bond acceptors (Lipinski definition) is 4. The van der Waals surface area contributed by atoms with Gasteiger partial charge in [0.1, 0.15) is 11.7 Å². The first-order valence-electron chi connectivity index (χ1n) is 9.41. The molecule has 0 fully saturated rings. The minimum Gasteiger partial charge on any atom is -0.350 e. The van der Waals surface area contributed by atoms with Crippen molar-refractivity contribution in [3.8, 4) is 0 Å². The van der Waals surface area contributed by atoms with Crippen LogP contribution >= 0.6 is 0 Å². The first-order valence-corrected chi connectivity index (χ1v) is 9.41. The molecule has 7 heteroatoms. The molecule has 146 valence electrons. The molecule has 0 spiro atoms. The molecular weight excluding hydrogens is 366 g/mol. The summed E-state index contributed by atoms with van der Waals surface area (Å²) in [6.45, 7) is 3.30. The van der Waals surface area contributed by atoms with Crippen molar-refractivity contribution in [2.45, 2.75) is 20.0 Å². The Hall–Kier alpha value is -3.74. The normalized spacial score (nSPS) is 10.9. The topological polar surface area (TPSA) is 81.8 Å². The van der Waals surface area contributed by atoms with Gasteiger partial charge in [-0.1, -0.05) is 48.0 Å². The van der Waals surface area contributed by atoms with Crippen LogP contribution in [-0.4, -0.2) is 31.8 Å². The van der Waals surface area contributed by atoms with Crippen molar-refractivity contribution in [1.82, 2.24) is 24.6 Å². The number of aryl methyl sites for hydroxylation is 1. The van der Waals surface area contributed by atoms with E-state index in [9.17, 15) is 9.59 Å². The highest BCUT2D eigenvalue weighted by molar-refractivity contribution is 5.94. The van der Waals surface area contributed by atoms with Gasteiger partial charge in [-0.05, 0) is 24.6 Å². The van der Waals surface area contributed by atoms with E-state index < -0.39 is 0 Å². The monoisotopic (exact) mass is 387 g/mol. The molecule has 2 aromatic heterocycles. The second-order valence-electron chi connectivity index (χ2n) is 6.89. The van der Waals surface area contributed by atoms with Gasteiger partial charge in [-0.15, -0.1) is 0 Å². The van der Waals surface area contributed by atoms with E-state index in [4.69, 9.17) is 0 Å².